The van der Waals surface area contributed by atoms with Gasteiger partial charge in [-0.1, -0.05) is 30.7 Å². The zero-order valence-electron chi connectivity index (χ0n) is 20.5. The smallest absolute Gasteiger partial charge is 0.487 e. The number of hydrogen-bond acceptors (Lipinski definition) is 6. The molecular weight excluding hydrogens is 548 g/mol. The van der Waals surface area contributed by atoms with Gasteiger partial charge in [0.2, 0.25) is 0 Å². The van der Waals surface area contributed by atoms with Crippen molar-refractivity contribution in [2.45, 2.75) is 50.8 Å². The highest BCUT2D eigenvalue weighted by molar-refractivity contribution is 6.30. The summed E-state index contributed by atoms with van der Waals surface area (Å²) in [6, 6.07) is 11.9. The molecule has 1 fully saturated rings. The van der Waals surface area contributed by atoms with Crippen molar-refractivity contribution in [1.82, 2.24) is 15.2 Å². The summed E-state index contributed by atoms with van der Waals surface area (Å²) in [6.07, 6.45) is -1.94. The van der Waals surface area contributed by atoms with Crippen LogP contribution in [-0.2, 0) is 9.59 Å². The van der Waals surface area contributed by atoms with Crippen molar-refractivity contribution < 1.29 is 42.1 Å². The number of nitrogens with one attached hydrogen (secondary N) is 2. The Hall–Kier alpha value is -3.87. The molecular formula is C25H25ClF4N4O5. The predicted octanol–water partition coefficient (Wildman–Crippen LogP) is 6.17. The molecule has 39 heavy (non-hydrogen) atoms. The Kier molecular flexibility index (Phi) is 9.38. The van der Waals surface area contributed by atoms with Gasteiger partial charge in [-0.3, -0.25) is 9.89 Å². The molecule has 1 aliphatic rings. The second-order valence-electron chi connectivity index (χ2n) is 8.90. The number of ether oxygens (including phenoxy) is 1. The number of rotatable bonds is 7. The minimum atomic E-state index is -5.08. The number of carboxylic acid groups (broad SMARTS) is 2. The van der Waals surface area contributed by atoms with Crippen molar-refractivity contribution in [2.24, 2.45) is 5.41 Å². The molecule has 2 aromatic heterocycles. The number of alkyl halides is 3. The molecule has 1 atom stereocenters. The molecule has 3 aromatic rings. The molecule has 14 heteroatoms. The van der Waals surface area contributed by atoms with Crippen molar-refractivity contribution in [3.05, 3.63) is 65.2 Å². The number of aliphatic carboxylic acids is 2. The number of halogens is 5. The first kappa shape index (κ1) is 29.7. The summed E-state index contributed by atoms with van der Waals surface area (Å²) in [4.78, 5) is 26.0. The summed E-state index contributed by atoms with van der Waals surface area (Å²) in [5.74, 6) is -3.14. The monoisotopic (exact) mass is 572 g/mol. The van der Waals surface area contributed by atoms with E-state index in [1.165, 1.54) is 12.1 Å². The quantitative estimate of drug-likeness (QED) is 0.247. The van der Waals surface area contributed by atoms with E-state index in [0.717, 1.165) is 0 Å². The second kappa shape index (κ2) is 12.3. The van der Waals surface area contributed by atoms with E-state index in [1.54, 1.807) is 18.3 Å². The minimum absolute atomic E-state index is 0.00140. The zero-order chi connectivity index (χ0) is 28.8. The number of pyridine rings is 1. The Morgan fingerprint density at radius 3 is 2.36 bits per heavy atom. The normalized spacial score (nSPS) is 19.8. The van der Waals surface area contributed by atoms with Crippen molar-refractivity contribution in [3.63, 3.8) is 0 Å². The number of aromatic nitrogens is 3. The molecule has 1 saturated carbocycles. The van der Waals surface area contributed by atoms with E-state index in [0.29, 0.717) is 43.0 Å². The highest BCUT2D eigenvalue weighted by atomic mass is 35.5. The lowest BCUT2D eigenvalue weighted by atomic mass is 9.64. The van der Waals surface area contributed by atoms with E-state index >= 15 is 0 Å². The van der Waals surface area contributed by atoms with E-state index in [4.69, 9.17) is 26.2 Å². The van der Waals surface area contributed by atoms with Gasteiger partial charge >= 0.3 is 18.1 Å². The van der Waals surface area contributed by atoms with E-state index < -0.39 is 29.3 Å². The number of carbonyl (C=O) groups is 2. The van der Waals surface area contributed by atoms with E-state index in [-0.39, 0.29) is 22.8 Å². The van der Waals surface area contributed by atoms with Crippen molar-refractivity contribution in [3.8, 4) is 5.75 Å². The molecule has 2 heterocycles. The van der Waals surface area contributed by atoms with E-state index in [9.17, 15) is 27.5 Å². The van der Waals surface area contributed by atoms with Crippen LogP contribution in [0, 0.1) is 11.2 Å². The van der Waals surface area contributed by atoms with Gasteiger partial charge in [-0.2, -0.15) is 18.3 Å². The lowest BCUT2D eigenvalue weighted by Gasteiger charge is -2.40. The molecule has 4 rings (SSSR count). The lowest BCUT2D eigenvalue weighted by Crippen LogP contribution is -2.42. The summed E-state index contributed by atoms with van der Waals surface area (Å²) in [5, 5.41) is 27.1. The van der Waals surface area contributed by atoms with E-state index in [1.807, 2.05) is 25.1 Å². The maximum Gasteiger partial charge on any atom is 0.490 e. The molecule has 4 N–H and O–H groups in total. The van der Waals surface area contributed by atoms with Crippen molar-refractivity contribution >= 4 is 35.2 Å². The van der Waals surface area contributed by atoms with Gasteiger partial charge in [0.05, 0.1) is 22.7 Å². The summed E-state index contributed by atoms with van der Waals surface area (Å²) < 4.78 is 51.7. The molecule has 0 amide bonds. The molecule has 1 aromatic carbocycles. The average molecular weight is 573 g/mol. The summed E-state index contributed by atoms with van der Waals surface area (Å²) in [7, 11) is 0. The third-order valence-corrected chi connectivity index (χ3v) is 6.80. The maximum atomic E-state index is 14.2. The number of aromatic amines is 1. The first-order valence-corrected chi connectivity index (χ1v) is 12.1. The second-order valence-corrected chi connectivity index (χ2v) is 9.31. The number of hydrogen-bond donors (Lipinski definition) is 4. The Balaban J connectivity index is 0.000000532. The molecule has 0 bridgehead atoms. The average Bonchev–Trinajstić information content (AvgIpc) is 3.40. The van der Waals surface area contributed by atoms with Gasteiger partial charge in [0.1, 0.15) is 11.6 Å². The molecule has 1 aliphatic carbocycles. The van der Waals surface area contributed by atoms with Crippen LogP contribution < -0.4 is 10.1 Å². The van der Waals surface area contributed by atoms with Gasteiger partial charge in [-0.05, 0) is 49.9 Å². The molecule has 1 unspecified atom stereocenters. The highest BCUT2D eigenvalue weighted by Gasteiger charge is 2.48. The molecule has 0 radical (unpaired) electrons. The van der Waals surface area contributed by atoms with Crippen LogP contribution in [0.2, 0.25) is 5.02 Å². The molecule has 0 saturated heterocycles. The predicted molar refractivity (Wildman–Crippen MR) is 133 cm³/mol. The highest BCUT2D eigenvalue weighted by Crippen LogP contribution is 2.48. The number of benzene rings is 1. The van der Waals surface area contributed by atoms with Crippen LogP contribution in [-0.4, -0.2) is 49.6 Å². The maximum absolute atomic E-state index is 14.2. The fourth-order valence-corrected chi connectivity index (χ4v) is 4.49. The van der Waals surface area contributed by atoms with Crippen molar-refractivity contribution in [1.29, 1.82) is 0 Å². The van der Waals surface area contributed by atoms with Crippen LogP contribution in [0.1, 0.15) is 44.2 Å². The standard InChI is InChI=1S/C23H24ClFN4O3.C2HF3O2/c1-14(17-5-3-7-19(27-17)28-20-10-13-26-29-20)23(22(30)31)11-8-15(9-12-23)32-18-6-2-4-16(24)21(18)25;3-2(4,5)1(6)7/h2-7,10,13-15H,8-9,11-12H2,1H3,(H,30,31)(H2,26,27,28,29);(H,6,7). The number of H-pyrrole nitrogens is 1. The Bertz CT molecular complexity index is 1280. The van der Waals surface area contributed by atoms with Crippen LogP contribution in [0.25, 0.3) is 0 Å². The van der Waals surface area contributed by atoms with Crippen LogP contribution in [0.3, 0.4) is 0 Å². The third-order valence-electron chi connectivity index (χ3n) is 6.51. The topological polar surface area (TPSA) is 137 Å². The van der Waals surface area contributed by atoms with Gasteiger partial charge in [0.15, 0.2) is 11.6 Å². The minimum Gasteiger partial charge on any atom is -0.487 e. The number of carboxylic acids is 2. The number of nitrogens with zero attached hydrogens (tertiary/aromatic N) is 2. The van der Waals surface area contributed by atoms with Gasteiger partial charge in [-0.15, -0.1) is 0 Å². The van der Waals surface area contributed by atoms with Crippen LogP contribution >= 0.6 is 11.6 Å². The van der Waals surface area contributed by atoms with Gasteiger partial charge in [-0.25, -0.2) is 14.2 Å². The van der Waals surface area contributed by atoms with Gasteiger partial charge in [0, 0.05) is 17.7 Å². The first-order chi connectivity index (χ1) is 18.3. The SMILES string of the molecule is CC(c1cccc(Nc2ccn[nH]2)n1)C1(C(=O)O)CCC(Oc2cccc(Cl)c2F)CC1.O=C(O)C(F)(F)F. The van der Waals surface area contributed by atoms with Crippen LogP contribution in [0.15, 0.2) is 48.7 Å². The molecule has 0 aliphatic heterocycles. The lowest BCUT2D eigenvalue weighted by molar-refractivity contribution is -0.192. The van der Waals surface area contributed by atoms with Crippen molar-refractivity contribution in [2.75, 3.05) is 5.32 Å². The summed E-state index contributed by atoms with van der Waals surface area (Å²) >= 11 is 5.83. The van der Waals surface area contributed by atoms with E-state index in [2.05, 4.69) is 20.5 Å². The van der Waals surface area contributed by atoms with Gasteiger partial charge < -0.3 is 20.3 Å². The fourth-order valence-electron chi connectivity index (χ4n) is 4.32. The Morgan fingerprint density at radius 2 is 1.79 bits per heavy atom. The van der Waals surface area contributed by atoms with Gasteiger partial charge in [0.25, 0.3) is 0 Å². The molecule has 210 valence electrons. The third kappa shape index (κ3) is 7.37. The molecule has 0 spiro atoms. The summed E-state index contributed by atoms with van der Waals surface area (Å²) in [6.45, 7) is 1.90. The first-order valence-electron chi connectivity index (χ1n) is 11.7. The largest absolute Gasteiger partial charge is 0.490 e. The fraction of sp³-hybridized carbons (Fsp3) is 0.360. The Morgan fingerprint density at radius 1 is 1.15 bits per heavy atom. The summed E-state index contributed by atoms with van der Waals surface area (Å²) in [5.41, 5.74) is -0.288. The molecule has 9 nitrogen and oxygen atoms in total. The van der Waals surface area contributed by atoms with Crippen LogP contribution in [0.5, 0.6) is 5.75 Å². The van der Waals surface area contributed by atoms with Crippen LogP contribution in [0.4, 0.5) is 29.2 Å². The Labute approximate surface area is 225 Å². The number of anilines is 2. The zero-order valence-corrected chi connectivity index (χ0v) is 21.3.